The highest BCUT2D eigenvalue weighted by Gasteiger charge is 2.14. The molecule has 0 radical (unpaired) electrons. The first-order valence-electron chi connectivity index (χ1n) is 5.68. The molecule has 16 heavy (non-hydrogen) atoms. The molecule has 1 N–H and O–H groups in total. The SMILES string of the molecule is CN1CCCc2cc(-c3cn[nH]c3)ccc21. The number of nitrogens with zero attached hydrogens (tertiary/aromatic N) is 2. The largest absolute Gasteiger partial charge is 0.374 e. The van der Waals surface area contributed by atoms with E-state index in [2.05, 4.69) is 40.3 Å². The maximum atomic E-state index is 3.99. The van der Waals surface area contributed by atoms with E-state index < -0.39 is 0 Å². The summed E-state index contributed by atoms with van der Waals surface area (Å²) in [6.07, 6.45) is 6.24. The van der Waals surface area contributed by atoms with Gasteiger partial charge in [0.15, 0.2) is 0 Å². The number of aryl methyl sites for hydroxylation is 1. The molecule has 0 atom stereocenters. The highest BCUT2D eigenvalue weighted by Crippen LogP contribution is 2.30. The van der Waals surface area contributed by atoms with Crippen molar-refractivity contribution in [2.75, 3.05) is 18.5 Å². The Balaban J connectivity index is 2.05. The zero-order chi connectivity index (χ0) is 11.0. The molecule has 0 saturated heterocycles. The molecule has 0 saturated carbocycles. The number of rotatable bonds is 1. The van der Waals surface area contributed by atoms with Gasteiger partial charge in [0.2, 0.25) is 0 Å². The second kappa shape index (κ2) is 3.67. The summed E-state index contributed by atoms with van der Waals surface area (Å²) in [5, 5.41) is 6.85. The van der Waals surface area contributed by atoms with Crippen LogP contribution in [0.25, 0.3) is 11.1 Å². The summed E-state index contributed by atoms with van der Waals surface area (Å²) in [4.78, 5) is 2.33. The maximum Gasteiger partial charge on any atom is 0.0565 e. The van der Waals surface area contributed by atoms with E-state index in [1.165, 1.54) is 29.7 Å². The van der Waals surface area contributed by atoms with Gasteiger partial charge in [-0.1, -0.05) is 6.07 Å². The number of H-pyrrole nitrogens is 1. The van der Waals surface area contributed by atoms with Crippen molar-refractivity contribution in [2.45, 2.75) is 12.8 Å². The Kier molecular flexibility index (Phi) is 2.17. The molecule has 2 heterocycles. The minimum Gasteiger partial charge on any atom is -0.374 e. The number of aromatic nitrogens is 2. The van der Waals surface area contributed by atoms with Gasteiger partial charge < -0.3 is 4.90 Å². The first-order chi connectivity index (χ1) is 7.84. The van der Waals surface area contributed by atoms with Gasteiger partial charge in [0, 0.05) is 31.0 Å². The number of fused-ring (bicyclic) bond motifs is 1. The zero-order valence-corrected chi connectivity index (χ0v) is 9.40. The minimum atomic E-state index is 1.16. The average molecular weight is 213 g/mol. The monoisotopic (exact) mass is 213 g/mol. The zero-order valence-electron chi connectivity index (χ0n) is 9.40. The van der Waals surface area contributed by atoms with Gasteiger partial charge in [-0.05, 0) is 36.1 Å². The van der Waals surface area contributed by atoms with Gasteiger partial charge in [0.1, 0.15) is 0 Å². The molecule has 0 fully saturated rings. The van der Waals surface area contributed by atoms with Crippen LogP contribution in [0.1, 0.15) is 12.0 Å². The molecule has 0 amide bonds. The summed E-state index contributed by atoms with van der Waals surface area (Å²) in [6, 6.07) is 6.68. The Morgan fingerprint density at radius 3 is 3.06 bits per heavy atom. The predicted molar refractivity (Wildman–Crippen MR) is 65.6 cm³/mol. The van der Waals surface area contributed by atoms with E-state index in [0.29, 0.717) is 0 Å². The standard InChI is InChI=1S/C13H15N3/c1-16-6-2-3-11-7-10(4-5-13(11)16)12-8-14-15-9-12/h4-5,7-9H,2-3,6H2,1H3,(H,14,15). The number of hydrogen-bond acceptors (Lipinski definition) is 2. The van der Waals surface area contributed by atoms with E-state index in [1.807, 2.05) is 12.4 Å². The second-order valence-corrected chi connectivity index (χ2v) is 4.36. The van der Waals surface area contributed by atoms with Crippen molar-refractivity contribution in [1.29, 1.82) is 0 Å². The second-order valence-electron chi connectivity index (χ2n) is 4.36. The number of aromatic amines is 1. The smallest absolute Gasteiger partial charge is 0.0565 e. The van der Waals surface area contributed by atoms with Crippen LogP contribution in [0.4, 0.5) is 5.69 Å². The van der Waals surface area contributed by atoms with Gasteiger partial charge in [-0.15, -0.1) is 0 Å². The summed E-state index contributed by atoms with van der Waals surface area (Å²) in [5.74, 6) is 0. The summed E-state index contributed by atoms with van der Waals surface area (Å²) in [7, 11) is 2.16. The van der Waals surface area contributed by atoms with E-state index in [1.54, 1.807) is 0 Å². The van der Waals surface area contributed by atoms with Crippen LogP contribution in [0.15, 0.2) is 30.6 Å². The molecule has 1 aromatic heterocycles. The normalized spacial score (nSPS) is 14.9. The molecular formula is C13H15N3. The van der Waals surface area contributed by atoms with Gasteiger partial charge in [0.25, 0.3) is 0 Å². The molecule has 0 bridgehead atoms. The lowest BCUT2D eigenvalue weighted by Crippen LogP contribution is -2.24. The summed E-state index contributed by atoms with van der Waals surface area (Å²) in [6.45, 7) is 1.16. The Hall–Kier alpha value is -1.77. The van der Waals surface area contributed by atoms with E-state index in [9.17, 15) is 0 Å². The quantitative estimate of drug-likeness (QED) is 0.789. The van der Waals surface area contributed by atoms with Crippen molar-refractivity contribution in [3.05, 3.63) is 36.2 Å². The van der Waals surface area contributed by atoms with E-state index >= 15 is 0 Å². The highest BCUT2D eigenvalue weighted by atomic mass is 15.1. The lowest BCUT2D eigenvalue weighted by molar-refractivity contribution is 0.745. The molecule has 0 unspecified atom stereocenters. The van der Waals surface area contributed by atoms with Gasteiger partial charge >= 0.3 is 0 Å². The molecule has 0 aliphatic carbocycles. The van der Waals surface area contributed by atoms with Crippen LogP contribution in [-0.2, 0) is 6.42 Å². The summed E-state index contributed by atoms with van der Waals surface area (Å²) < 4.78 is 0. The number of anilines is 1. The third-order valence-electron chi connectivity index (χ3n) is 3.26. The molecule has 2 aromatic rings. The Labute approximate surface area is 95.1 Å². The lowest BCUT2D eigenvalue weighted by atomic mass is 9.98. The molecular weight excluding hydrogens is 198 g/mol. The van der Waals surface area contributed by atoms with Crippen molar-refractivity contribution in [3.8, 4) is 11.1 Å². The van der Waals surface area contributed by atoms with E-state index in [-0.39, 0.29) is 0 Å². The first kappa shape index (κ1) is 9.46. The van der Waals surface area contributed by atoms with Crippen molar-refractivity contribution >= 4 is 5.69 Å². The Morgan fingerprint density at radius 2 is 2.25 bits per heavy atom. The van der Waals surface area contributed by atoms with Crippen molar-refractivity contribution < 1.29 is 0 Å². The van der Waals surface area contributed by atoms with Crippen LogP contribution in [0.2, 0.25) is 0 Å². The van der Waals surface area contributed by atoms with Crippen LogP contribution < -0.4 is 4.90 Å². The van der Waals surface area contributed by atoms with Crippen molar-refractivity contribution in [2.24, 2.45) is 0 Å². The molecule has 3 rings (SSSR count). The van der Waals surface area contributed by atoms with Crippen molar-refractivity contribution in [3.63, 3.8) is 0 Å². The van der Waals surface area contributed by atoms with Gasteiger partial charge in [-0.25, -0.2) is 0 Å². The highest BCUT2D eigenvalue weighted by molar-refractivity contribution is 5.68. The lowest BCUT2D eigenvalue weighted by Gasteiger charge is -2.27. The fourth-order valence-electron chi connectivity index (χ4n) is 2.37. The molecule has 1 aromatic carbocycles. The van der Waals surface area contributed by atoms with Crippen LogP contribution in [0.5, 0.6) is 0 Å². The topological polar surface area (TPSA) is 31.9 Å². The summed E-state index contributed by atoms with van der Waals surface area (Å²) in [5.41, 5.74) is 5.24. The summed E-state index contributed by atoms with van der Waals surface area (Å²) >= 11 is 0. The molecule has 3 nitrogen and oxygen atoms in total. The minimum absolute atomic E-state index is 1.16. The van der Waals surface area contributed by atoms with Crippen molar-refractivity contribution in [1.82, 2.24) is 10.2 Å². The number of nitrogens with one attached hydrogen (secondary N) is 1. The number of benzene rings is 1. The Morgan fingerprint density at radius 1 is 1.31 bits per heavy atom. The fraction of sp³-hybridized carbons (Fsp3) is 0.308. The number of hydrogen-bond donors (Lipinski definition) is 1. The molecule has 1 aliphatic rings. The first-order valence-corrected chi connectivity index (χ1v) is 5.68. The van der Waals surface area contributed by atoms with Gasteiger partial charge in [-0.2, -0.15) is 5.10 Å². The van der Waals surface area contributed by atoms with Crippen LogP contribution in [-0.4, -0.2) is 23.8 Å². The molecule has 1 aliphatic heterocycles. The van der Waals surface area contributed by atoms with Crippen LogP contribution in [0, 0.1) is 0 Å². The van der Waals surface area contributed by atoms with Gasteiger partial charge in [0.05, 0.1) is 6.20 Å². The third kappa shape index (κ3) is 1.48. The maximum absolute atomic E-state index is 3.99. The van der Waals surface area contributed by atoms with E-state index in [0.717, 1.165) is 12.1 Å². The average Bonchev–Trinajstić information content (AvgIpc) is 2.82. The Bertz CT molecular complexity index is 488. The van der Waals surface area contributed by atoms with Crippen LogP contribution in [0.3, 0.4) is 0 Å². The van der Waals surface area contributed by atoms with Gasteiger partial charge in [-0.3, -0.25) is 5.10 Å². The third-order valence-corrected chi connectivity index (χ3v) is 3.26. The molecule has 3 heteroatoms. The molecule has 82 valence electrons. The fourth-order valence-corrected chi connectivity index (χ4v) is 2.37. The molecule has 0 spiro atoms. The van der Waals surface area contributed by atoms with Crippen LogP contribution >= 0.6 is 0 Å². The van der Waals surface area contributed by atoms with E-state index in [4.69, 9.17) is 0 Å². The predicted octanol–water partition coefficient (Wildman–Crippen LogP) is 2.46.